The molecule has 7 nitrogen and oxygen atoms in total. The zero-order valence-corrected chi connectivity index (χ0v) is 15.8. The van der Waals surface area contributed by atoms with Gasteiger partial charge in [0.25, 0.3) is 11.6 Å². The van der Waals surface area contributed by atoms with Crippen LogP contribution in [0.15, 0.2) is 36.4 Å². The van der Waals surface area contributed by atoms with Crippen LogP contribution >= 0.6 is 0 Å². The number of nitrogens with one attached hydrogen (secondary N) is 2. The number of rotatable bonds is 8. The molecule has 2 aromatic rings. The number of quaternary nitrogens is 1. The molecule has 0 spiro atoms. The number of alkyl halides is 2. The summed E-state index contributed by atoms with van der Waals surface area (Å²) in [4.78, 5) is 23.9. The van der Waals surface area contributed by atoms with Crippen molar-refractivity contribution in [2.24, 2.45) is 0 Å². The minimum atomic E-state index is -2.88. The second-order valence-electron chi connectivity index (χ2n) is 6.54. The molecule has 1 amide bonds. The van der Waals surface area contributed by atoms with Crippen LogP contribution in [-0.4, -0.2) is 31.0 Å². The number of nitrogens with zero attached hydrogens (tertiary/aromatic N) is 1. The smallest absolute Gasteiger partial charge is 0.387 e. The van der Waals surface area contributed by atoms with E-state index in [0.717, 1.165) is 16.0 Å². The molecule has 0 aliphatic carbocycles. The SMILES string of the molecule is Cc1ccc([N+](=O)[O-])c(NC(=O)C[NH+](C)Cc2ccc(OC(F)F)cc2)c1C. The number of halogens is 2. The lowest BCUT2D eigenvalue weighted by Crippen LogP contribution is -3.08. The number of likely N-dealkylation sites (N-methyl/N-ethyl adjacent to an activating group) is 1. The van der Waals surface area contributed by atoms with Gasteiger partial charge in [-0.15, -0.1) is 0 Å². The highest BCUT2D eigenvalue weighted by Gasteiger charge is 2.21. The van der Waals surface area contributed by atoms with E-state index in [9.17, 15) is 23.7 Å². The van der Waals surface area contributed by atoms with E-state index < -0.39 is 11.5 Å². The van der Waals surface area contributed by atoms with Gasteiger partial charge in [0.2, 0.25) is 0 Å². The first-order valence-corrected chi connectivity index (χ1v) is 8.57. The molecule has 2 rings (SSSR count). The molecule has 0 saturated heterocycles. The lowest BCUT2D eigenvalue weighted by Gasteiger charge is -2.15. The van der Waals surface area contributed by atoms with Gasteiger partial charge in [0, 0.05) is 11.6 Å². The van der Waals surface area contributed by atoms with E-state index >= 15 is 0 Å². The number of anilines is 1. The maximum Gasteiger partial charge on any atom is 0.387 e. The van der Waals surface area contributed by atoms with Gasteiger partial charge in [0.05, 0.1) is 12.0 Å². The molecule has 1 atom stereocenters. The Labute approximate surface area is 161 Å². The second kappa shape index (κ2) is 9.23. The summed E-state index contributed by atoms with van der Waals surface area (Å²) in [6, 6.07) is 9.19. The number of ether oxygens (including phenoxy) is 1. The predicted molar refractivity (Wildman–Crippen MR) is 99.7 cm³/mol. The van der Waals surface area contributed by atoms with E-state index in [1.807, 2.05) is 6.92 Å². The Balaban J connectivity index is 2.00. The zero-order chi connectivity index (χ0) is 20.8. The maximum absolute atomic E-state index is 12.4. The van der Waals surface area contributed by atoms with Crippen LogP contribution < -0.4 is 15.0 Å². The molecule has 0 radical (unpaired) electrons. The molecule has 0 aliphatic heterocycles. The van der Waals surface area contributed by atoms with E-state index in [4.69, 9.17) is 0 Å². The molecular formula is C19H22F2N3O4+. The molecule has 0 aliphatic rings. The first-order chi connectivity index (χ1) is 13.2. The van der Waals surface area contributed by atoms with Crippen LogP contribution in [0.5, 0.6) is 5.75 Å². The zero-order valence-electron chi connectivity index (χ0n) is 15.8. The van der Waals surface area contributed by atoms with Gasteiger partial charge in [0.15, 0.2) is 6.54 Å². The van der Waals surface area contributed by atoms with E-state index in [1.54, 1.807) is 32.2 Å². The van der Waals surface area contributed by atoms with Gasteiger partial charge in [0.1, 0.15) is 18.0 Å². The van der Waals surface area contributed by atoms with Gasteiger partial charge in [-0.3, -0.25) is 14.9 Å². The number of nitro groups is 1. The highest BCUT2D eigenvalue weighted by molar-refractivity contribution is 5.95. The summed E-state index contributed by atoms with van der Waals surface area (Å²) in [6.45, 7) is 1.21. The van der Waals surface area contributed by atoms with Crippen LogP contribution in [-0.2, 0) is 11.3 Å². The normalized spacial score (nSPS) is 11.9. The Bertz CT molecular complexity index is 857. The molecule has 28 heavy (non-hydrogen) atoms. The quantitative estimate of drug-likeness (QED) is 0.532. The number of hydrogen-bond acceptors (Lipinski definition) is 4. The largest absolute Gasteiger partial charge is 0.435 e. The fourth-order valence-electron chi connectivity index (χ4n) is 2.77. The molecule has 0 bridgehead atoms. The van der Waals surface area contributed by atoms with E-state index in [0.29, 0.717) is 12.1 Å². The summed E-state index contributed by atoms with van der Waals surface area (Å²) in [7, 11) is 1.79. The Morgan fingerprint density at radius 3 is 2.43 bits per heavy atom. The Morgan fingerprint density at radius 2 is 1.86 bits per heavy atom. The van der Waals surface area contributed by atoms with Crippen molar-refractivity contribution in [3.8, 4) is 5.75 Å². The van der Waals surface area contributed by atoms with Crippen LogP contribution in [0.4, 0.5) is 20.2 Å². The fourth-order valence-corrected chi connectivity index (χ4v) is 2.77. The molecular weight excluding hydrogens is 372 g/mol. The lowest BCUT2D eigenvalue weighted by atomic mass is 10.1. The van der Waals surface area contributed by atoms with Gasteiger partial charge in [-0.05, 0) is 49.2 Å². The summed E-state index contributed by atoms with van der Waals surface area (Å²) < 4.78 is 28.6. The van der Waals surface area contributed by atoms with Gasteiger partial charge < -0.3 is 15.0 Å². The summed E-state index contributed by atoms with van der Waals surface area (Å²) in [5.41, 5.74) is 2.38. The number of hydrogen-bond donors (Lipinski definition) is 2. The van der Waals surface area contributed by atoms with Crippen LogP contribution in [0.25, 0.3) is 0 Å². The molecule has 0 saturated carbocycles. The standard InChI is InChI=1S/C19H21F2N3O4/c1-12-4-9-16(24(26)27)18(13(12)2)22-17(25)11-23(3)10-14-5-7-15(8-6-14)28-19(20)21/h4-9,19H,10-11H2,1-3H3,(H,22,25)/p+1. The van der Waals surface area contributed by atoms with Gasteiger partial charge in [-0.25, -0.2) is 0 Å². The first-order valence-electron chi connectivity index (χ1n) is 8.57. The number of nitro benzene ring substituents is 1. The van der Waals surface area contributed by atoms with Crippen molar-refractivity contribution in [1.82, 2.24) is 0 Å². The molecule has 9 heteroatoms. The van der Waals surface area contributed by atoms with Gasteiger partial charge >= 0.3 is 6.61 Å². The third-order valence-electron chi connectivity index (χ3n) is 4.29. The van der Waals surface area contributed by atoms with Gasteiger partial charge in [-0.2, -0.15) is 8.78 Å². The Morgan fingerprint density at radius 1 is 1.21 bits per heavy atom. The van der Waals surface area contributed by atoms with Crippen molar-refractivity contribution in [3.63, 3.8) is 0 Å². The number of carbonyl (C=O) groups is 1. The summed E-state index contributed by atoms with van der Waals surface area (Å²) in [5.74, 6) is -0.289. The molecule has 2 aromatic carbocycles. The van der Waals surface area contributed by atoms with Crippen LogP contribution in [0.3, 0.4) is 0 Å². The minimum absolute atomic E-state index is 0.0661. The summed E-state index contributed by atoms with van der Waals surface area (Å²) in [5, 5.41) is 13.9. The lowest BCUT2D eigenvalue weighted by molar-refractivity contribution is -0.885. The minimum Gasteiger partial charge on any atom is -0.435 e. The fraction of sp³-hybridized carbons (Fsp3) is 0.316. The van der Waals surface area contributed by atoms with Crippen LogP contribution in [0.1, 0.15) is 16.7 Å². The molecule has 0 aromatic heterocycles. The van der Waals surface area contributed by atoms with Crippen molar-refractivity contribution in [3.05, 3.63) is 63.2 Å². The van der Waals surface area contributed by atoms with Crippen LogP contribution in [0, 0.1) is 24.0 Å². The predicted octanol–water partition coefficient (Wildman–Crippen LogP) is 2.47. The summed E-state index contributed by atoms with van der Waals surface area (Å²) in [6.07, 6.45) is 0. The average Bonchev–Trinajstić information content (AvgIpc) is 2.60. The molecule has 0 heterocycles. The van der Waals surface area contributed by atoms with Crippen molar-refractivity contribution >= 4 is 17.3 Å². The van der Waals surface area contributed by atoms with E-state index in [2.05, 4.69) is 10.1 Å². The average molecular weight is 394 g/mol. The first kappa shape index (κ1) is 21.2. The maximum atomic E-state index is 12.4. The number of carbonyl (C=O) groups excluding carboxylic acids is 1. The van der Waals surface area contributed by atoms with Crippen LogP contribution in [0.2, 0.25) is 0 Å². The molecule has 150 valence electrons. The van der Waals surface area contributed by atoms with Crippen molar-refractivity contribution in [2.45, 2.75) is 27.0 Å². The molecule has 2 N–H and O–H groups in total. The topological polar surface area (TPSA) is 85.9 Å². The highest BCUT2D eigenvalue weighted by Crippen LogP contribution is 2.30. The van der Waals surface area contributed by atoms with E-state index in [1.165, 1.54) is 18.2 Å². The van der Waals surface area contributed by atoms with Gasteiger partial charge in [-0.1, -0.05) is 6.07 Å². The Hall–Kier alpha value is -3.07. The number of benzene rings is 2. The molecule has 0 fully saturated rings. The third kappa shape index (κ3) is 5.71. The van der Waals surface area contributed by atoms with Crippen molar-refractivity contribution in [1.29, 1.82) is 0 Å². The third-order valence-corrected chi connectivity index (χ3v) is 4.29. The monoisotopic (exact) mass is 394 g/mol. The number of aryl methyl sites for hydroxylation is 1. The van der Waals surface area contributed by atoms with Crippen molar-refractivity contribution in [2.75, 3.05) is 18.9 Å². The van der Waals surface area contributed by atoms with Crippen molar-refractivity contribution < 1.29 is 28.1 Å². The highest BCUT2D eigenvalue weighted by atomic mass is 19.3. The molecule has 1 unspecified atom stereocenters. The summed E-state index contributed by atoms with van der Waals surface area (Å²) >= 11 is 0. The second-order valence-corrected chi connectivity index (χ2v) is 6.54. The Kier molecular flexibility index (Phi) is 7.00. The van der Waals surface area contributed by atoms with E-state index in [-0.39, 0.29) is 29.6 Å². The number of amides is 1.